The number of aryl methyl sites for hydroxylation is 1. The monoisotopic (exact) mass is 464 g/mol. The third-order valence-electron chi connectivity index (χ3n) is 5.28. The molecule has 0 bridgehead atoms. The maximum atomic E-state index is 13.1. The Kier molecular flexibility index (Phi) is 5.74. The standard InChI is InChI=1S/C23H20N4O5S/c1-14-17(9-11-30-14)22-24-25-23(32-22)33-13-21(28)27-19(20-4-3-10-31-20)12-18(26-27)15-5-7-16(29-2)8-6-15/h3-11,19H,12-13H2,1-2H3. The van der Waals surface area contributed by atoms with Gasteiger partial charge < -0.3 is 18.0 Å². The normalized spacial score (nSPS) is 15.6. The predicted octanol–water partition coefficient (Wildman–Crippen LogP) is 4.71. The van der Waals surface area contributed by atoms with Crippen molar-refractivity contribution >= 4 is 23.4 Å². The van der Waals surface area contributed by atoms with E-state index in [4.69, 9.17) is 18.0 Å². The molecule has 1 aliphatic heterocycles. The Hall–Kier alpha value is -3.79. The molecule has 3 aromatic heterocycles. The van der Waals surface area contributed by atoms with Crippen LogP contribution in [0.3, 0.4) is 0 Å². The summed E-state index contributed by atoms with van der Waals surface area (Å²) in [7, 11) is 1.62. The molecule has 168 valence electrons. The highest BCUT2D eigenvalue weighted by molar-refractivity contribution is 7.99. The van der Waals surface area contributed by atoms with Crippen molar-refractivity contribution in [3.8, 4) is 17.2 Å². The van der Waals surface area contributed by atoms with E-state index in [9.17, 15) is 4.79 Å². The second-order valence-electron chi connectivity index (χ2n) is 7.30. The summed E-state index contributed by atoms with van der Waals surface area (Å²) < 4.78 is 21.8. The van der Waals surface area contributed by atoms with Crippen molar-refractivity contribution < 1.29 is 22.8 Å². The number of aromatic nitrogens is 2. The lowest BCUT2D eigenvalue weighted by molar-refractivity contribution is -0.130. The van der Waals surface area contributed by atoms with Gasteiger partial charge in [0.05, 0.1) is 36.7 Å². The highest BCUT2D eigenvalue weighted by Crippen LogP contribution is 2.34. The van der Waals surface area contributed by atoms with Gasteiger partial charge in [0.2, 0.25) is 0 Å². The number of nitrogens with zero attached hydrogens (tertiary/aromatic N) is 4. The summed E-state index contributed by atoms with van der Waals surface area (Å²) in [5.74, 6) is 2.37. The summed E-state index contributed by atoms with van der Waals surface area (Å²) in [5.41, 5.74) is 2.45. The van der Waals surface area contributed by atoms with Crippen LogP contribution in [-0.4, -0.2) is 39.7 Å². The quantitative estimate of drug-likeness (QED) is 0.362. The zero-order valence-corrected chi connectivity index (χ0v) is 18.7. The fourth-order valence-electron chi connectivity index (χ4n) is 3.57. The van der Waals surface area contributed by atoms with E-state index in [1.54, 1.807) is 31.8 Å². The van der Waals surface area contributed by atoms with Gasteiger partial charge in [-0.2, -0.15) is 5.10 Å². The van der Waals surface area contributed by atoms with Gasteiger partial charge in [-0.15, -0.1) is 10.2 Å². The number of carbonyl (C=O) groups is 1. The minimum atomic E-state index is -0.322. The second-order valence-corrected chi connectivity index (χ2v) is 8.23. The molecule has 1 aromatic carbocycles. The Morgan fingerprint density at radius 1 is 1.15 bits per heavy atom. The molecule has 1 aliphatic rings. The number of hydrogen-bond acceptors (Lipinski definition) is 9. The van der Waals surface area contributed by atoms with Gasteiger partial charge in [0, 0.05) is 6.42 Å². The van der Waals surface area contributed by atoms with Crippen LogP contribution in [0.15, 0.2) is 78.6 Å². The third-order valence-corrected chi connectivity index (χ3v) is 6.08. The van der Waals surface area contributed by atoms with Gasteiger partial charge in [-0.3, -0.25) is 4.79 Å². The van der Waals surface area contributed by atoms with Crippen LogP contribution in [0.2, 0.25) is 0 Å². The maximum Gasteiger partial charge on any atom is 0.277 e. The molecule has 9 nitrogen and oxygen atoms in total. The summed E-state index contributed by atoms with van der Waals surface area (Å²) in [6.07, 6.45) is 3.70. The lowest BCUT2D eigenvalue weighted by Crippen LogP contribution is -2.28. The number of hydrazone groups is 1. The predicted molar refractivity (Wildman–Crippen MR) is 120 cm³/mol. The van der Waals surface area contributed by atoms with Crippen LogP contribution in [0.25, 0.3) is 11.5 Å². The minimum absolute atomic E-state index is 0.0859. The molecule has 4 heterocycles. The number of thioether (sulfide) groups is 1. The number of carbonyl (C=O) groups excluding carboxylic acids is 1. The van der Waals surface area contributed by atoms with Gasteiger partial charge in [-0.1, -0.05) is 11.8 Å². The largest absolute Gasteiger partial charge is 0.497 e. The zero-order valence-electron chi connectivity index (χ0n) is 17.9. The molecule has 0 fully saturated rings. The Bertz CT molecular complexity index is 1280. The number of amides is 1. The van der Waals surface area contributed by atoms with Gasteiger partial charge in [0.1, 0.15) is 23.3 Å². The van der Waals surface area contributed by atoms with Crippen LogP contribution in [0, 0.1) is 6.92 Å². The van der Waals surface area contributed by atoms with Crippen LogP contribution >= 0.6 is 11.8 Å². The summed E-state index contributed by atoms with van der Waals surface area (Å²) in [6.45, 7) is 1.82. The van der Waals surface area contributed by atoms with Crippen molar-refractivity contribution in [3.05, 3.63) is 72.1 Å². The lowest BCUT2D eigenvalue weighted by Gasteiger charge is -2.19. The van der Waals surface area contributed by atoms with Crippen LogP contribution < -0.4 is 4.74 Å². The molecule has 0 spiro atoms. The number of methoxy groups -OCH3 is 1. The van der Waals surface area contributed by atoms with Crippen molar-refractivity contribution in [3.63, 3.8) is 0 Å². The molecule has 0 saturated carbocycles. The smallest absolute Gasteiger partial charge is 0.277 e. The molecule has 33 heavy (non-hydrogen) atoms. The molecule has 1 atom stereocenters. The summed E-state index contributed by atoms with van der Waals surface area (Å²) in [5, 5.41) is 14.5. The van der Waals surface area contributed by atoms with Crippen LogP contribution in [0.4, 0.5) is 0 Å². The van der Waals surface area contributed by atoms with Crippen molar-refractivity contribution in [1.82, 2.24) is 15.2 Å². The van der Waals surface area contributed by atoms with E-state index >= 15 is 0 Å². The number of rotatable bonds is 7. The molecular weight excluding hydrogens is 444 g/mol. The first kappa shape index (κ1) is 21.1. The maximum absolute atomic E-state index is 13.1. The van der Waals surface area contributed by atoms with E-state index < -0.39 is 0 Å². The van der Waals surface area contributed by atoms with Crippen molar-refractivity contribution in [2.75, 3.05) is 12.9 Å². The van der Waals surface area contributed by atoms with Gasteiger partial charge in [-0.05, 0) is 55.0 Å². The highest BCUT2D eigenvalue weighted by Gasteiger charge is 2.35. The number of furan rings is 2. The highest BCUT2D eigenvalue weighted by atomic mass is 32.2. The number of ether oxygens (including phenoxy) is 1. The van der Waals surface area contributed by atoms with Crippen molar-refractivity contribution in [1.29, 1.82) is 0 Å². The summed E-state index contributed by atoms with van der Waals surface area (Å²) >= 11 is 1.16. The van der Waals surface area contributed by atoms with E-state index in [-0.39, 0.29) is 17.7 Å². The first-order chi connectivity index (χ1) is 16.1. The van der Waals surface area contributed by atoms with Crippen LogP contribution in [-0.2, 0) is 4.79 Å². The Morgan fingerprint density at radius 3 is 2.70 bits per heavy atom. The SMILES string of the molecule is COc1ccc(C2=NN(C(=O)CSc3nnc(-c4ccoc4C)o3)C(c3ccco3)C2)cc1. The summed E-state index contributed by atoms with van der Waals surface area (Å²) in [4.78, 5) is 13.1. The lowest BCUT2D eigenvalue weighted by atomic mass is 10.0. The van der Waals surface area contributed by atoms with E-state index in [2.05, 4.69) is 15.3 Å². The van der Waals surface area contributed by atoms with Gasteiger partial charge in [0.25, 0.3) is 17.0 Å². The van der Waals surface area contributed by atoms with E-state index in [1.807, 2.05) is 37.3 Å². The average molecular weight is 465 g/mol. The molecule has 0 aliphatic carbocycles. The molecule has 10 heteroatoms. The van der Waals surface area contributed by atoms with Crippen LogP contribution in [0.5, 0.6) is 5.75 Å². The van der Waals surface area contributed by atoms with E-state index in [1.165, 1.54) is 5.01 Å². The Balaban J connectivity index is 1.32. The molecule has 1 unspecified atom stereocenters. The number of hydrogen-bond donors (Lipinski definition) is 0. The molecule has 5 rings (SSSR count). The Morgan fingerprint density at radius 2 is 2.00 bits per heavy atom. The van der Waals surface area contributed by atoms with Gasteiger partial charge in [0.15, 0.2) is 0 Å². The molecule has 0 saturated heterocycles. The zero-order chi connectivity index (χ0) is 22.8. The average Bonchev–Trinajstić information content (AvgIpc) is 3.64. The molecule has 4 aromatic rings. The van der Waals surface area contributed by atoms with Crippen molar-refractivity contribution in [2.24, 2.45) is 5.10 Å². The summed E-state index contributed by atoms with van der Waals surface area (Å²) in [6, 6.07) is 12.7. The third kappa shape index (κ3) is 4.29. The topological polar surface area (TPSA) is 107 Å². The fraction of sp³-hybridized carbons (Fsp3) is 0.217. The molecule has 0 radical (unpaired) electrons. The first-order valence-electron chi connectivity index (χ1n) is 10.2. The molecule has 0 N–H and O–H groups in total. The second kappa shape index (κ2) is 8.99. The Labute approximate surface area is 193 Å². The van der Waals surface area contributed by atoms with E-state index in [0.29, 0.717) is 29.1 Å². The molecule has 1 amide bonds. The van der Waals surface area contributed by atoms with Gasteiger partial charge in [-0.25, -0.2) is 5.01 Å². The molecular formula is C23H20N4O5S. The van der Waals surface area contributed by atoms with E-state index in [0.717, 1.165) is 34.3 Å². The minimum Gasteiger partial charge on any atom is -0.497 e. The van der Waals surface area contributed by atoms with Crippen LogP contribution in [0.1, 0.15) is 29.5 Å². The first-order valence-corrected chi connectivity index (χ1v) is 11.2. The fourth-order valence-corrected chi connectivity index (χ4v) is 4.19. The van der Waals surface area contributed by atoms with Gasteiger partial charge >= 0.3 is 0 Å². The number of benzene rings is 1. The van der Waals surface area contributed by atoms with Crippen molar-refractivity contribution in [2.45, 2.75) is 24.6 Å².